The van der Waals surface area contributed by atoms with Crippen LogP contribution in [0.4, 0.5) is 11.6 Å². The van der Waals surface area contributed by atoms with E-state index in [2.05, 4.69) is 38.5 Å². The van der Waals surface area contributed by atoms with E-state index in [0.29, 0.717) is 17.4 Å². The number of hydrogen-bond donors (Lipinski definition) is 2. The number of sulfonamides is 1. The van der Waals surface area contributed by atoms with E-state index in [-0.39, 0.29) is 25.0 Å². The second-order valence-electron chi connectivity index (χ2n) is 8.69. The van der Waals surface area contributed by atoms with Crippen LogP contribution in [0.3, 0.4) is 0 Å². The van der Waals surface area contributed by atoms with E-state index < -0.39 is 10.0 Å². The molecule has 9 nitrogen and oxygen atoms in total. The van der Waals surface area contributed by atoms with E-state index >= 15 is 0 Å². The highest BCUT2D eigenvalue weighted by molar-refractivity contribution is 7.92. The molecular weight excluding hydrogens is 472 g/mol. The normalized spacial score (nSPS) is 17.8. The quantitative estimate of drug-likeness (QED) is 0.444. The number of rotatable bonds is 4. The van der Waals surface area contributed by atoms with Crippen LogP contribution >= 0.6 is 11.3 Å². The monoisotopic (exact) mass is 496 g/mol. The molecule has 0 spiro atoms. The highest BCUT2D eigenvalue weighted by Gasteiger charge is 2.32. The summed E-state index contributed by atoms with van der Waals surface area (Å²) in [6.07, 6.45) is 5.59. The molecule has 34 heavy (non-hydrogen) atoms. The number of nitrogens with zero attached hydrogens (tertiary/aromatic N) is 4. The van der Waals surface area contributed by atoms with Crippen molar-refractivity contribution in [3.63, 3.8) is 0 Å². The Morgan fingerprint density at radius 3 is 2.91 bits per heavy atom. The predicted octanol–water partition coefficient (Wildman–Crippen LogP) is 3.52. The molecule has 1 aliphatic heterocycles. The molecule has 0 unspecified atom stereocenters. The summed E-state index contributed by atoms with van der Waals surface area (Å²) < 4.78 is 32.3. The Morgan fingerprint density at radius 2 is 2.12 bits per heavy atom. The van der Waals surface area contributed by atoms with Crippen LogP contribution in [-0.4, -0.2) is 53.8 Å². The number of para-hydroxylation sites is 1. The van der Waals surface area contributed by atoms with Crippen LogP contribution in [0.15, 0.2) is 30.5 Å². The molecular formula is C23H24N6O3S2. The van der Waals surface area contributed by atoms with Gasteiger partial charge in [-0.05, 0) is 37.8 Å². The highest BCUT2D eigenvalue weighted by atomic mass is 32.2. The van der Waals surface area contributed by atoms with Gasteiger partial charge in [-0.1, -0.05) is 18.2 Å². The fourth-order valence-electron chi connectivity index (χ4n) is 4.76. The molecule has 0 fully saturated rings. The van der Waals surface area contributed by atoms with Crippen molar-refractivity contribution in [3.05, 3.63) is 46.7 Å². The topological polar surface area (TPSA) is 113 Å². The number of H-pyrrole nitrogens is 1. The molecule has 4 heterocycles. The van der Waals surface area contributed by atoms with Gasteiger partial charge < -0.3 is 15.0 Å². The number of aryl methyl sites for hydroxylation is 2. The molecule has 0 bridgehead atoms. The van der Waals surface area contributed by atoms with Gasteiger partial charge in [-0.15, -0.1) is 11.3 Å². The van der Waals surface area contributed by atoms with Crippen molar-refractivity contribution in [1.82, 2.24) is 19.9 Å². The average molecular weight is 497 g/mol. The molecule has 3 aromatic heterocycles. The maximum atomic E-state index is 12.5. The molecule has 176 valence electrons. The Kier molecular flexibility index (Phi) is 4.99. The molecule has 0 saturated heterocycles. The van der Waals surface area contributed by atoms with E-state index in [1.54, 1.807) is 6.20 Å². The van der Waals surface area contributed by atoms with Crippen LogP contribution in [0.1, 0.15) is 22.7 Å². The third-order valence-corrected chi connectivity index (χ3v) is 8.37. The number of thiazole rings is 1. The Hall–Kier alpha value is -3.18. The van der Waals surface area contributed by atoms with Gasteiger partial charge in [0.1, 0.15) is 6.61 Å². The summed E-state index contributed by atoms with van der Waals surface area (Å²) in [4.78, 5) is 18.0. The number of aromatic amines is 1. The van der Waals surface area contributed by atoms with E-state index in [1.165, 1.54) is 38.5 Å². The Bertz CT molecular complexity index is 1510. The van der Waals surface area contributed by atoms with Crippen LogP contribution in [-0.2, 0) is 22.9 Å². The molecule has 1 aromatic carbocycles. The zero-order valence-electron chi connectivity index (χ0n) is 18.8. The van der Waals surface area contributed by atoms with Gasteiger partial charge in [0.05, 0.1) is 22.7 Å². The Morgan fingerprint density at radius 1 is 1.26 bits per heavy atom. The summed E-state index contributed by atoms with van der Waals surface area (Å²) in [5.41, 5.74) is 3.76. The van der Waals surface area contributed by atoms with Gasteiger partial charge in [0.25, 0.3) is 0 Å². The second kappa shape index (κ2) is 7.95. The van der Waals surface area contributed by atoms with E-state index in [1.807, 2.05) is 13.0 Å². The average Bonchev–Trinajstić information content (AvgIpc) is 3.41. The molecule has 6 rings (SSSR count). The van der Waals surface area contributed by atoms with Crippen LogP contribution < -0.4 is 14.4 Å². The molecule has 11 heteroatoms. The fraction of sp³-hybridized carbons (Fsp3) is 0.348. The first-order valence-corrected chi connectivity index (χ1v) is 13.8. The van der Waals surface area contributed by atoms with Gasteiger partial charge >= 0.3 is 0 Å². The van der Waals surface area contributed by atoms with Crippen molar-refractivity contribution in [2.45, 2.75) is 32.2 Å². The third kappa shape index (κ3) is 3.68. The number of hydrogen-bond acceptors (Lipinski definition) is 8. The summed E-state index contributed by atoms with van der Waals surface area (Å²) in [6.45, 7) is 2.37. The summed E-state index contributed by atoms with van der Waals surface area (Å²) in [6, 6.07) is 8.48. The summed E-state index contributed by atoms with van der Waals surface area (Å²) >= 11 is 1.47. The fourth-order valence-corrected chi connectivity index (χ4v) is 6.31. The maximum Gasteiger partial charge on any atom is 0.233 e. The lowest BCUT2D eigenvalue weighted by atomic mass is 9.91. The first-order valence-electron chi connectivity index (χ1n) is 11.2. The van der Waals surface area contributed by atoms with Gasteiger partial charge in [-0.2, -0.15) is 0 Å². The largest absolute Gasteiger partial charge is 0.484 e. The predicted molar refractivity (Wildman–Crippen MR) is 133 cm³/mol. The molecule has 4 aromatic rings. The minimum Gasteiger partial charge on any atom is -0.484 e. The van der Waals surface area contributed by atoms with E-state index in [9.17, 15) is 8.42 Å². The SMILES string of the molecule is Cc1ncc(-c2nc(N[C@@H]3CCc4[nH]c5ccccc5c4C3)c3c(n2)N(S(C)(=O)=O)CCO3)s1. The van der Waals surface area contributed by atoms with E-state index in [0.717, 1.165) is 34.7 Å². The first-order chi connectivity index (χ1) is 16.4. The summed E-state index contributed by atoms with van der Waals surface area (Å²) in [7, 11) is -3.52. The Labute approximate surface area is 201 Å². The van der Waals surface area contributed by atoms with Gasteiger partial charge in [-0.3, -0.25) is 0 Å². The first kappa shape index (κ1) is 21.4. The molecule has 0 amide bonds. The standard InChI is InChI=1S/C23H24N6O3S2/c1-13-24-12-19(33-13)21-27-22(20-23(28-21)29(9-10-32-20)34(2,30)31)25-14-7-8-18-16(11-14)15-5-3-4-6-17(15)26-18/h3-6,12,14,26H,7-11H2,1-2H3,(H,25,27,28)/t14-/m1/s1. The van der Waals surface area contributed by atoms with Crippen molar-refractivity contribution in [1.29, 1.82) is 0 Å². The van der Waals surface area contributed by atoms with Crippen LogP contribution in [0, 0.1) is 6.92 Å². The van der Waals surface area contributed by atoms with Crippen molar-refractivity contribution in [3.8, 4) is 16.5 Å². The number of anilines is 2. The van der Waals surface area contributed by atoms with E-state index in [4.69, 9.17) is 9.72 Å². The molecule has 0 saturated carbocycles. The number of aromatic nitrogens is 4. The second-order valence-corrected chi connectivity index (χ2v) is 11.8. The maximum absolute atomic E-state index is 12.5. The number of nitrogens with one attached hydrogen (secondary N) is 2. The van der Waals surface area contributed by atoms with Gasteiger partial charge in [0, 0.05) is 28.8 Å². The van der Waals surface area contributed by atoms with Gasteiger partial charge in [-0.25, -0.2) is 27.7 Å². The van der Waals surface area contributed by atoms with Crippen molar-refractivity contribution in [2.24, 2.45) is 0 Å². The zero-order valence-corrected chi connectivity index (χ0v) is 20.5. The lowest BCUT2D eigenvalue weighted by Crippen LogP contribution is -2.38. The summed E-state index contributed by atoms with van der Waals surface area (Å²) in [5, 5.41) is 5.70. The van der Waals surface area contributed by atoms with Crippen LogP contribution in [0.2, 0.25) is 0 Å². The molecule has 0 radical (unpaired) electrons. The van der Waals surface area contributed by atoms with Gasteiger partial charge in [0.15, 0.2) is 17.5 Å². The number of fused-ring (bicyclic) bond motifs is 4. The Balaban J connectivity index is 1.41. The number of benzene rings is 1. The molecule has 1 atom stereocenters. The minimum atomic E-state index is -3.52. The van der Waals surface area contributed by atoms with Crippen molar-refractivity contribution in [2.75, 3.05) is 29.0 Å². The van der Waals surface area contributed by atoms with Gasteiger partial charge in [0.2, 0.25) is 15.8 Å². The van der Waals surface area contributed by atoms with Crippen molar-refractivity contribution < 1.29 is 13.2 Å². The van der Waals surface area contributed by atoms with Crippen LogP contribution in [0.5, 0.6) is 5.75 Å². The lowest BCUT2D eigenvalue weighted by molar-refractivity contribution is 0.313. The molecule has 2 N–H and O–H groups in total. The van der Waals surface area contributed by atoms with Crippen molar-refractivity contribution >= 4 is 43.9 Å². The third-order valence-electron chi connectivity index (χ3n) is 6.30. The highest BCUT2D eigenvalue weighted by Crippen LogP contribution is 2.40. The molecule has 1 aliphatic carbocycles. The number of ether oxygens (including phenoxy) is 1. The minimum absolute atomic E-state index is 0.124. The molecule has 2 aliphatic rings. The van der Waals surface area contributed by atoms with Crippen LogP contribution in [0.25, 0.3) is 21.6 Å². The smallest absolute Gasteiger partial charge is 0.233 e. The summed E-state index contributed by atoms with van der Waals surface area (Å²) in [5.74, 6) is 1.62. The lowest BCUT2D eigenvalue weighted by Gasteiger charge is -2.31. The zero-order chi connectivity index (χ0) is 23.4.